The van der Waals surface area contributed by atoms with Gasteiger partial charge in [0.05, 0.1) is 34.0 Å². The highest BCUT2D eigenvalue weighted by Crippen LogP contribution is 2.52. The zero-order valence-electron chi connectivity index (χ0n) is 24.2. The molecule has 0 bridgehead atoms. The van der Waals surface area contributed by atoms with Crippen LogP contribution in [0.1, 0.15) is 42.6 Å². The molecule has 226 valence electrons. The first-order valence-electron chi connectivity index (χ1n) is 13.1. The summed E-state index contributed by atoms with van der Waals surface area (Å²) in [5.41, 5.74) is -4.59. The number of alkyl halides is 3. The van der Waals surface area contributed by atoms with Gasteiger partial charge in [0.25, 0.3) is 11.8 Å². The van der Waals surface area contributed by atoms with E-state index in [1.807, 2.05) is 5.32 Å². The number of rotatable bonds is 9. The van der Waals surface area contributed by atoms with E-state index in [0.29, 0.717) is 5.75 Å². The Morgan fingerprint density at radius 1 is 0.929 bits per heavy atom. The fourth-order valence-electron chi connectivity index (χ4n) is 5.55. The topological polar surface area (TPSA) is 103 Å². The van der Waals surface area contributed by atoms with Crippen molar-refractivity contribution in [2.24, 2.45) is 5.41 Å². The molecule has 0 saturated heterocycles. The van der Waals surface area contributed by atoms with Crippen molar-refractivity contribution in [3.63, 3.8) is 0 Å². The van der Waals surface area contributed by atoms with Gasteiger partial charge in [-0.25, -0.2) is 0 Å². The standard InChI is InChI=1S/C30H33F3N2O7/c1-28(2)15-20-24(21(36)16-28)29(30(31,32)33,27(38)35(20)12-11-17-7-9-19(39-3)10-8-17)34-26(37)18-13-22(40-4)25(42-6)23(14-18)41-5/h7-10,13-14H,11-12,15-16H2,1-6H3,(H,34,37)/t29-/m1/s1. The lowest BCUT2D eigenvalue weighted by Gasteiger charge is -2.35. The van der Waals surface area contributed by atoms with Crippen molar-refractivity contribution in [1.29, 1.82) is 0 Å². The molecule has 0 radical (unpaired) electrons. The van der Waals surface area contributed by atoms with Gasteiger partial charge in [0, 0.05) is 24.2 Å². The molecular weight excluding hydrogens is 557 g/mol. The molecular formula is C30H33F3N2O7. The van der Waals surface area contributed by atoms with Crippen LogP contribution in [0, 0.1) is 5.41 Å². The van der Waals surface area contributed by atoms with Crippen molar-refractivity contribution in [3.8, 4) is 23.0 Å². The third-order valence-electron chi connectivity index (χ3n) is 7.56. The molecule has 1 N–H and O–H groups in total. The second-order valence-corrected chi connectivity index (χ2v) is 10.9. The van der Waals surface area contributed by atoms with Crippen LogP contribution >= 0.6 is 0 Å². The highest BCUT2D eigenvalue weighted by atomic mass is 19.4. The second kappa shape index (κ2) is 11.2. The number of ether oxygens (including phenoxy) is 4. The van der Waals surface area contributed by atoms with Gasteiger partial charge in [-0.05, 0) is 48.1 Å². The van der Waals surface area contributed by atoms with Crippen LogP contribution in [-0.2, 0) is 16.0 Å². The zero-order chi connectivity index (χ0) is 31.0. The van der Waals surface area contributed by atoms with E-state index in [4.69, 9.17) is 18.9 Å². The van der Waals surface area contributed by atoms with Crippen LogP contribution in [0.2, 0.25) is 0 Å². The molecule has 0 saturated carbocycles. The van der Waals surface area contributed by atoms with Crippen LogP contribution in [0.3, 0.4) is 0 Å². The van der Waals surface area contributed by atoms with Gasteiger partial charge in [0.2, 0.25) is 11.3 Å². The zero-order valence-corrected chi connectivity index (χ0v) is 24.2. The molecule has 0 fully saturated rings. The third kappa shape index (κ3) is 5.25. The van der Waals surface area contributed by atoms with E-state index < -0.39 is 40.3 Å². The Morgan fingerprint density at radius 2 is 1.52 bits per heavy atom. The number of benzene rings is 2. The SMILES string of the molecule is COc1ccc(CCN2C(=O)[C@@](NC(=O)c3cc(OC)c(OC)c(OC)c3)(C(F)(F)F)C3=C2CC(C)(C)CC3=O)cc1. The summed E-state index contributed by atoms with van der Waals surface area (Å²) in [7, 11) is 5.42. The van der Waals surface area contributed by atoms with Gasteiger partial charge in [-0.15, -0.1) is 0 Å². The van der Waals surface area contributed by atoms with Crippen LogP contribution in [0.25, 0.3) is 0 Å². The predicted molar refractivity (Wildman–Crippen MR) is 146 cm³/mol. The first-order chi connectivity index (χ1) is 19.7. The summed E-state index contributed by atoms with van der Waals surface area (Å²) in [6.45, 7) is 3.37. The van der Waals surface area contributed by atoms with E-state index in [0.717, 1.165) is 10.5 Å². The Labute approximate surface area is 241 Å². The minimum atomic E-state index is -5.34. The first-order valence-corrected chi connectivity index (χ1v) is 13.1. The third-order valence-corrected chi connectivity index (χ3v) is 7.56. The predicted octanol–water partition coefficient (Wildman–Crippen LogP) is 4.48. The molecule has 2 aliphatic rings. The summed E-state index contributed by atoms with van der Waals surface area (Å²) in [5, 5.41) is 1.94. The summed E-state index contributed by atoms with van der Waals surface area (Å²) in [6, 6.07) is 9.24. The number of hydrogen-bond acceptors (Lipinski definition) is 7. The van der Waals surface area contributed by atoms with Gasteiger partial charge in [-0.2, -0.15) is 13.2 Å². The minimum absolute atomic E-state index is 0.0253. The van der Waals surface area contributed by atoms with Gasteiger partial charge >= 0.3 is 6.18 Å². The average molecular weight is 591 g/mol. The fourth-order valence-corrected chi connectivity index (χ4v) is 5.55. The van der Waals surface area contributed by atoms with E-state index in [9.17, 15) is 14.4 Å². The van der Waals surface area contributed by atoms with Gasteiger partial charge in [0.15, 0.2) is 17.3 Å². The molecule has 12 heteroatoms. The Bertz CT molecular complexity index is 1410. The molecule has 1 aliphatic carbocycles. The minimum Gasteiger partial charge on any atom is -0.497 e. The fraction of sp³-hybridized carbons (Fsp3) is 0.433. The van der Waals surface area contributed by atoms with Crippen molar-refractivity contribution >= 4 is 17.6 Å². The summed E-state index contributed by atoms with van der Waals surface area (Å²) in [6.07, 6.45) is -5.31. The summed E-state index contributed by atoms with van der Waals surface area (Å²) < 4.78 is 66.4. The van der Waals surface area contributed by atoms with Crippen molar-refractivity contribution < 1.29 is 46.5 Å². The molecule has 0 unspecified atom stereocenters. The number of carbonyl (C=O) groups excluding carboxylic acids is 3. The van der Waals surface area contributed by atoms with Crippen molar-refractivity contribution in [2.45, 2.75) is 44.8 Å². The molecule has 2 aromatic rings. The van der Waals surface area contributed by atoms with E-state index in [1.165, 1.54) is 40.6 Å². The van der Waals surface area contributed by atoms with E-state index in [2.05, 4.69) is 0 Å². The molecule has 2 aromatic carbocycles. The Balaban J connectivity index is 1.80. The van der Waals surface area contributed by atoms with Gasteiger partial charge < -0.3 is 29.2 Å². The number of Topliss-reactive ketones (excluding diaryl/α,β-unsaturated/α-hetero) is 1. The summed E-state index contributed by atoms with van der Waals surface area (Å²) in [4.78, 5) is 41.9. The molecule has 1 aliphatic heterocycles. The van der Waals surface area contributed by atoms with E-state index in [-0.39, 0.29) is 54.3 Å². The molecule has 42 heavy (non-hydrogen) atoms. The number of nitrogens with zero attached hydrogens (tertiary/aromatic N) is 1. The monoisotopic (exact) mass is 590 g/mol. The summed E-state index contributed by atoms with van der Waals surface area (Å²) in [5.74, 6) is -2.75. The first kappa shape index (κ1) is 30.7. The number of ketones is 1. The maximum atomic E-state index is 15.2. The van der Waals surface area contributed by atoms with Crippen LogP contribution < -0.4 is 24.3 Å². The Morgan fingerprint density at radius 3 is 2.02 bits per heavy atom. The largest absolute Gasteiger partial charge is 0.497 e. The molecule has 2 amide bonds. The normalized spacial score (nSPS) is 19.9. The highest BCUT2D eigenvalue weighted by molar-refractivity contribution is 6.14. The van der Waals surface area contributed by atoms with Crippen LogP contribution in [-0.4, -0.2) is 69.2 Å². The maximum absolute atomic E-state index is 15.2. The summed E-state index contributed by atoms with van der Waals surface area (Å²) >= 11 is 0. The number of amides is 2. The number of methoxy groups -OCH3 is 4. The molecule has 0 spiro atoms. The number of hydrogen-bond donors (Lipinski definition) is 1. The van der Waals surface area contributed by atoms with E-state index >= 15 is 13.2 Å². The Hall–Kier alpha value is -4.22. The van der Waals surface area contributed by atoms with Crippen molar-refractivity contribution in [3.05, 3.63) is 58.8 Å². The van der Waals surface area contributed by atoms with Gasteiger partial charge in [-0.1, -0.05) is 26.0 Å². The van der Waals surface area contributed by atoms with Crippen LogP contribution in [0.5, 0.6) is 23.0 Å². The molecule has 1 heterocycles. The molecule has 0 aromatic heterocycles. The number of allylic oxidation sites excluding steroid dienone is 1. The van der Waals surface area contributed by atoms with Gasteiger partial charge in [-0.3, -0.25) is 14.4 Å². The lowest BCUT2D eigenvalue weighted by atomic mass is 9.72. The van der Waals surface area contributed by atoms with Crippen LogP contribution in [0.15, 0.2) is 47.7 Å². The second-order valence-electron chi connectivity index (χ2n) is 10.9. The quantitative estimate of drug-likeness (QED) is 0.460. The van der Waals surface area contributed by atoms with Gasteiger partial charge in [0.1, 0.15) is 5.75 Å². The number of nitrogens with one attached hydrogen (secondary N) is 1. The maximum Gasteiger partial charge on any atom is 0.425 e. The Kier molecular flexibility index (Phi) is 8.21. The van der Waals surface area contributed by atoms with Crippen molar-refractivity contribution in [1.82, 2.24) is 10.2 Å². The molecule has 9 nitrogen and oxygen atoms in total. The smallest absolute Gasteiger partial charge is 0.425 e. The van der Waals surface area contributed by atoms with Crippen LogP contribution in [0.4, 0.5) is 13.2 Å². The lowest BCUT2D eigenvalue weighted by Crippen LogP contribution is -2.66. The lowest BCUT2D eigenvalue weighted by molar-refractivity contribution is -0.190. The highest BCUT2D eigenvalue weighted by Gasteiger charge is 2.71. The average Bonchev–Trinajstić information content (AvgIpc) is 3.17. The molecule has 1 atom stereocenters. The number of halogens is 3. The molecule has 4 rings (SSSR count). The van der Waals surface area contributed by atoms with E-state index in [1.54, 1.807) is 38.1 Å². The van der Waals surface area contributed by atoms with Crippen molar-refractivity contribution in [2.75, 3.05) is 35.0 Å². The number of carbonyl (C=O) groups is 3.